The Labute approximate surface area is 93.5 Å². The lowest BCUT2D eigenvalue weighted by Gasteiger charge is -1.97. The van der Waals surface area contributed by atoms with E-state index in [1.165, 1.54) is 21.9 Å². The second-order valence-corrected chi connectivity index (χ2v) is 4.21. The molecule has 3 aromatic rings. The van der Waals surface area contributed by atoms with Crippen molar-refractivity contribution in [2.24, 2.45) is 7.05 Å². The van der Waals surface area contributed by atoms with Crippen LogP contribution in [0.1, 0.15) is 5.56 Å². The number of fused-ring (bicyclic) bond motifs is 3. The minimum atomic E-state index is 0.571. The van der Waals surface area contributed by atoms with Gasteiger partial charge in [0.15, 0.2) is 0 Å². The van der Waals surface area contributed by atoms with E-state index in [0.29, 0.717) is 5.82 Å². The number of aryl methyl sites for hydroxylation is 2. The first-order chi connectivity index (χ1) is 7.66. The Morgan fingerprint density at radius 3 is 2.69 bits per heavy atom. The van der Waals surface area contributed by atoms with Crippen LogP contribution >= 0.6 is 0 Å². The third-order valence-electron chi connectivity index (χ3n) is 3.07. The van der Waals surface area contributed by atoms with Crippen LogP contribution in [0, 0.1) is 6.92 Å². The van der Waals surface area contributed by atoms with E-state index in [0.717, 1.165) is 5.52 Å². The van der Waals surface area contributed by atoms with Gasteiger partial charge in [-0.25, -0.2) is 4.98 Å². The minimum Gasteiger partial charge on any atom is -0.384 e. The van der Waals surface area contributed by atoms with Crippen molar-refractivity contribution in [3.8, 4) is 0 Å². The summed E-state index contributed by atoms with van der Waals surface area (Å²) in [6.07, 6.45) is 1.83. The quantitative estimate of drug-likeness (QED) is 0.621. The number of rotatable bonds is 0. The van der Waals surface area contributed by atoms with Crippen LogP contribution in [-0.2, 0) is 7.05 Å². The van der Waals surface area contributed by atoms with Crippen molar-refractivity contribution in [3.63, 3.8) is 0 Å². The standard InChI is InChI=1S/C13H13N3/c1-8-3-4-11-9(5-8)10-6-13(14)15-7-12(10)16(11)2/h3-7H,1-2H3,(H2,14,15). The average molecular weight is 211 g/mol. The second-order valence-electron chi connectivity index (χ2n) is 4.21. The molecule has 0 unspecified atom stereocenters. The lowest BCUT2D eigenvalue weighted by atomic mass is 10.1. The van der Waals surface area contributed by atoms with Crippen LogP contribution in [0.3, 0.4) is 0 Å². The summed E-state index contributed by atoms with van der Waals surface area (Å²) in [6.45, 7) is 2.10. The molecule has 0 spiro atoms. The van der Waals surface area contributed by atoms with Gasteiger partial charge in [-0.05, 0) is 25.1 Å². The Kier molecular flexibility index (Phi) is 1.72. The van der Waals surface area contributed by atoms with Gasteiger partial charge < -0.3 is 10.3 Å². The number of hydrogen-bond acceptors (Lipinski definition) is 2. The van der Waals surface area contributed by atoms with Crippen molar-refractivity contribution >= 4 is 27.6 Å². The van der Waals surface area contributed by atoms with Gasteiger partial charge >= 0.3 is 0 Å². The largest absolute Gasteiger partial charge is 0.384 e. The second kappa shape index (κ2) is 2.98. The van der Waals surface area contributed by atoms with Gasteiger partial charge in [-0.3, -0.25) is 0 Å². The summed E-state index contributed by atoms with van der Waals surface area (Å²) in [5.74, 6) is 0.571. The number of nitrogen functional groups attached to an aromatic ring is 1. The number of benzene rings is 1. The summed E-state index contributed by atoms with van der Waals surface area (Å²) in [6, 6.07) is 8.40. The summed E-state index contributed by atoms with van der Waals surface area (Å²) in [5.41, 5.74) is 9.34. The lowest BCUT2D eigenvalue weighted by Crippen LogP contribution is -1.90. The molecule has 2 aromatic heterocycles. The number of pyridine rings is 1. The highest BCUT2D eigenvalue weighted by molar-refractivity contribution is 6.08. The number of hydrogen-bond donors (Lipinski definition) is 1. The summed E-state index contributed by atoms with van der Waals surface area (Å²) in [4.78, 5) is 4.14. The minimum absolute atomic E-state index is 0.571. The maximum Gasteiger partial charge on any atom is 0.124 e. The number of nitrogens with zero attached hydrogens (tertiary/aromatic N) is 2. The zero-order valence-corrected chi connectivity index (χ0v) is 9.36. The molecule has 0 bridgehead atoms. The van der Waals surface area contributed by atoms with E-state index in [1.807, 2.05) is 12.3 Å². The van der Waals surface area contributed by atoms with Gasteiger partial charge in [-0.15, -0.1) is 0 Å². The van der Waals surface area contributed by atoms with Crippen LogP contribution in [0.25, 0.3) is 21.8 Å². The predicted octanol–water partition coefficient (Wildman–Crippen LogP) is 2.62. The average Bonchev–Trinajstić information content (AvgIpc) is 2.52. The van der Waals surface area contributed by atoms with E-state index in [9.17, 15) is 0 Å². The Morgan fingerprint density at radius 2 is 1.88 bits per heavy atom. The first-order valence-electron chi connectivity index (χ1n) is 5.27. The molecule has 3 heteroatoms. The van der Waals surface area contributed by atoms with Gasteiger partial charge in [0.1, 0.15) is 5.82 Å². The van der Waals surface area contributed by atoms with E-state index < -0.39 is 0 Å². The molecule has 1 aromatic carbocycles. The lowest BCUT2D eigenvalue weighted by molar-refractivity contribution is 1.01. The molecule has 0 saturated carbocycles. The molecule has 0 atom stereocenters. The first kappa shape index (κ1) is 9.21. The Morgan fingerprint density at radius 1 is 1.12 bits per heavy atom. The molecule has 0 amide bonds. The molecule has 0 saturated heterocycles. The van der Waals surface area contributed by atoms with Crippen molar-refractivity contribution in [2.45, 2.75) is 6.92 Å². The van der Waals surface area contributed by atoms with Crippen LogP contribution in [0.2, 0.25) is 0 Å². The fraction of sp³-hybridized carbons (Fsp3) is 0.154. The summed E-state index contributed by atoms with van der Waals surface area (Å²) < 4.78 is 2.15. The summed E-state index contributed by atoms with van der Waals surface area (Å²) in [7, 11) is 2.05. The van der Waals surface area contributed by atoms with E-state index in [-0.39, 0.29) is 0 Å². The van der Waals surface area contributed by atoms with Gasteiger partial charge in [-0.1, -0.05) is 11.6 Å². The van der Waals surface area contributed by atoms with E-state index >= 15 is 0 Å². The highest BCUT2D eigenvalue weighted by atomic mass is 15.0. The summed E-state index contributed by atoms with van der Waals surface area (Å²) in [5, 5.41) is 2.42. The molecular formula is C13H13N3. The smallest absolute Gasteiger partial charge is 0.124 e. The van der Waals surface area contributed by atoms with Gasteiger partial charge in [0.2, 0.25) is 0 Å². The highest BCUT2D eigenvalue weighted by Gasteiger charge is 2.08. The van der Waals surface area contributed by atoms with Crippen molar-refractivity contribution < 1.29 is 0 Å². The Hall–Kier alpha value is -2.03. The number of anilines is 1. The first-order valence-corrected chi connectivity index (χ1v) is 5.27. The third kappa shape index (κ3) is 1.11. The molecular weight excluding hydrogens is 198 g/mol. The molecule has 0 radical (unpaired) electrons. The summed E-state index contributed by atoms with van der Waals surface area (Å²) >= 11 is 0. The maximum atomic E-state index is 5.74. The SMILES string of the molecule is Cc1ccc2c(c1)c1cc(N)ncc1n2C. The molecule has 0 fully saturated rings. The van der Waals surface area contributed by atoms with Crippen molar-refractivity contribution in [3.05, 3.63) is 36.0 Å². The molecule has 3 nitrogen and oxygen atoms in total. The van der Waals surface area contributed by atoms with Crippen molar-refractivity contribution in [1.82, 2.24) is 9.55 Å². The normalized spacial score (nSPS) is 11.4. The van der Waals surface area contributed by atoms with Crippen molar-refractivity contribution in [2.75, 3.05) is 5.73 Å². The molecule has 16 heavy (non-hydrogen) atoms. The van der Waals surface area contributed by atoms with Gasteiger partial charge in [0, 0.05) is 23.3 Å². The van der Waals surface area contributed by atoms with E-state index in [4.69, 9.17) is 5.73 Å². The highest BCUT2D eigenvalue weighted by Crippen LogP contribution is 2.29. The molecule has 80 valence electrons. The van der Waals surface area contributed by atoms with Crippen LogP contribution in [0.15, 0.2) is 30.5 Å². The number of aromatic nitrogens is 2. The molecule has 0 aliphatic rings. The molecule has 2 N–H and O–H groups in total. The van der Waals surface area contributed by atoms with Crippen LogP contribution in [0.4, 0.5) is 5.82 Å². The number of nitrogens with two attached hydrogens (primary N) is 1. The van der Waals surface area contributed by atoms with Crippen LogP contribution in [0.5, 0.6) is 0 Å². The van der Waals surface area contributed by atoms with Gasteiger partial charge in [-0.2, -0.15) is 0 Å². The fourth-order valence-electron chi connectivity index (χ4n) is 2.24. The van der Waals surface area contributed by atoms with Crippen molar-refractivity contribution in [1.29, 1.82) is 0 Å². The molecule has 0 aliphatic carbocycles. The molecule has 2 heterocycles. The van der Waals surface area contributed by atoms with E-state index in [1.54, 1.807) is 0 Å². The molecule has 0 aliphatic heterocycles. The zero-order chi connectivity index (χ0) is 11.3. The monoisotopic (exact) mass is 211 g/mol. The van der Waals surface area contributed by atoms with E-state index in [2.05, 4.69) is 41.7 Å². The zero-order valence-electron chi connectivity index (χ0n) is 9.36. The maximum absolute atomic E-state index is 5.74. The third-order valence-corrected chi connectivity index (χ3v) is 3.07. The fourth-order valence-corrected chi connectivity index (χ4v) is 2.24. The predicted molar refractivity (Wildman–Crippen MR) is 67.4 cm³/mol. The van der Waals surface area contributed by atoms with Crippen LogP contribution in [-0.4, -0.2) is 9.55 Å². The topological polar surface area (TPSA) is 43.8 Å². The molecule has 3 rings (SSSR count). The Bertz CT molecular complexity index is 636. The Balaban J connectivity index is 2.60. The van der Waals surface area contributed by atoms with Gasteiger partial charge in [0.05, 0.1) is 11.7 Å². The van der Waals surface area contributed by atoms with Gasteiger partial charge in [0.25, 0.3) is 0 Å². The van der Waals surface area contributed by atoms with Crippen LogP contribution < -0.4 is 5.73 Å².